The largest absolute Gasteiger partial charge is 0.425 e. The summed E-state index contributed by atoms with van der Waals surface area (Å²) in [5.41, 5.74) is 11.1. The summed E-state index contributed by atoms with van der Waals surface area (Å²) in [5, 5.41) is 15.2. The first-order chi connectivity index (χ1) is 22.2. The van der Waals surface area contributed by atoms with Crippen LogP contribution in [-0.2, 0) is 15.9 Å². The van der Waals surface area contributed by atoms with E-state index in [1.165, 1.54) is 0 Å². The van der Waals surface area contributed by atoms with Gasteiger partial charge >= 0.3 is 6.09 Å². The van der Waals surface area contributed by atoms with Crippen molar-refractivity contribution in [3.63, 3.8) is 0 Å². The lowest BCUT2D eigenvalue weighted by molar-refractivity contribution is 0.0406. The van der Waals surface area contributed by atoms with Crippen molar-refractivity contribution in [3.8, 4) is 45.9 Å². The molecule has 7 heteroatoms. The summed E-state index contributed by atoms with van der Waals surface area (Å²) in [6.07, 6.45) is 3.55. The second-order valence-electron chi connectivity index (χ2n) is 11.9. The van der Waals surface area contributed by atoms with Gasteiger partial charge in [-0.3, -0.25) is 5.32 Å². The van der Waals surface area contributed by atoms with Gasteiger partial charge in [-0.1, -0.05) is 71.4 Å². The number of anilines is 2. The lowest BCUT2D eigenvalue weighted by Crippen LogP contribution is -2.40. The smallest absolute Gasteiger partial charge is 0.413 e. The van der Waals surface area contributed by atoms with Crippen molar-refractivity contribution in [2.45, 2.75) is 50.7 Å². The van der Waals surface area contributed by atoms with Crippen LogP contribution in [0.2, 0.25) is 10.0 Å². The number of ether oxygens (including phenoxy) is 1. The topological polar surface area (TPSA) is 84.6 Å². The third-order valence-corrected chi connectivity index (χ3v) is 9.11. The first kappa shape index (κ1) is 31.6. The zero-order valence-electron chi connectivity index (χ0n) is 25.7. The van der Waals surface area contributed by atoms with Crippen LogP contribution in [0.15, 0.2) is 84.9 Å². The molecule has 2 atom stereocenters. The minimum absolute atomic E-state index is 0.164. The second kappa shape index (κ2) is 12.8. The predicted octanol–water partition coefficient (Wildman–Crippen LogP) is 9.41. The lowest BCUT2D eigenvalue weighted by atomic mass is 9.85. The molecule has 7 rings (SSSR count). The fourth-order valence-electron chi connectivity index (χ4n) is 6.13. The van der Waals surface area contributed by atoms with Gasteiger partial charge in [-0.15, -0.1) is 11.8 Å². The van der Waals surface area contributed by atoms with E-state index in [1.54, 1.807) is 13.8 Å². The molecule has 232 valence electrons. The summed E-state index contributed by atoms with van der Waals surface area (Å²) >= 11 is 12.2. The van der Waals surface area contributed by atoms with E-state index in [2.05, 4.69) is 35.1 Å². The highest BCUT2D eigenvalue weighted by atomic mass is 35.5. The average molecular weight is 650 g/mol. The molecule has 3 aliphatic rings. The monoisotopic (exact) mass is 648 g/mol. The van der Waals surface area contributed by atoms with Gasteiger partial charge in [0.15, 0.2) is 5.60 Å². The Labute approximate surface area is 280 Å². The molecule has 4 aromatic rings. The zero-order valence-corrected chi connectivity index (χ0v) is 27.2. The summed E-state index contributed by atoms with van der Waals surface area (Å²) in [4.78, 5) is 12.0. The normalized spacial score (nSPS) is 19.3. The molecule has 0 spiro atoms. The van der Waals surface area contributed by atoms with Gasteiger partial charge in [-0.2, -0.15) is 0 Å². The maximum Gasteiger partial charge on any atom is 0.413 e. The number of carbonyl (C=O) groups is 1. The van der Waals surface area contributed by atoms with Gasteiger partial charge in [0.05, 0.1) is 5.69 Å². The first-order valence-electron chi connectivity index (χ1n) is 15.3. The van der Waals surface area contributed by atoms with E-state index in [4.69, 9.17) is 33.7 Å². The number of hydrogen-bond acceptors (Lipinski definition) is 4. The molecule has 4 aromatic carbocycles. The SMILES string of the molecule is CC#CC(O)(c1cc(-c2cccc(Cl)c2)ccc1N)C1CC1.CC#CC1(C2CC2)OC(=O)Nc2ccc(-c3cccc(Cl)c3)cc21. The number of rotatable bonds is 5. The highest BCUT2D eigenvalue weighted by Gasteiger charge is 2.52. The van der Waals surface area contributed by atoms with E-state index >= 15 is 0 Å². The third-order valence-electron chi connectivity index (χ3n) is 8.64. The minimum Gasteiger partial charge on any atom is -0.425 e. The van der Waals surface area contributed by atoms with Crippen LogP contribution in [0.25, 0.3) is 22.3 Å². The van der Waals surface area contributed by atoms with Gasteiger partial charge in [-0.25, -0.2) is 4.79 Å². The van der Waals surface area contributed by atoms with Gasteiger partial charge in [0.1, 0.15) is 0 Å². The van der Waals surface area contributed by atoms with E-state index in [0.29, 0.717) is 21.3 Å². The molecule has 0 saturated heterocycles. The molecule has 1 heterocycles. The van der Waals surface area contributed by atoms with Gasteiger partial charge < -0.3 is 15.6 Å². The van der Waals surface area contributed by atoms with Crippen LogP contribution in [0.4, 0.5) is 16.2 Å². The van der Waals surface area contributed by atoms with E-state index < -0.39 is 17.3 Å². The van der Waals surface area contributed by atoms with Crippen LogP contribution in [-0.4, -0.2) is 11.2 Å². The molecule has 1 aliphatic heterocycles. The highest BCUT2D eigenvalue weighted by Crippen LogP contribution is 2.52. The molecule has 4 N–H and O–H groups in total. The number of aliphatic hydroxyl groups is 1. The van der Waals surface area contributed by atoms with E-state index in [9.17, 15) is 9.90 Å². The lowest BCUT2D eigenvalue weighted by Gasteiger charge is -2.35. The van der Waals surface area contributed by atoms with E-state index in [-0.39, 0.29) is 11.8 Å². The predicted molar refractivity (Wildman–Crippen MR) is 186 cm³/mol. The highest BCUT2D eigenvalue weighted by molar-refractivity contribution is 6.31. The maximum atomic E-state index is 12.0. The first-order valence-corrected chi connectivity index (χ1v) is 16.1. The van der Waals surface area contributed by atoms with Crippen LogP contribution in [0.1, 0.15) is 50.7 Å². The number of benzene rings is 4. The van der Waals surface area contributed by atoms with E-state index in [1.807, 2.05) is 78.9 Å². The molecule has 2 fully saturated rings. The number of halogens is 2. The quantitative estimate of drug-likeness (QED) is 0.149. The second-order valence-corrected chi connectivity index (χ2v) is 12.8. The van der Waals surface area contributed by atoms with Gasteiger partial charge in [0, 0.05) is 38.7 Å². The Balaban J connectivity index is 0.000000162. The molecular formula is C39H34Cl2N2O3. The van der Waals surface area contributed by atoms with E-state index in [0.717, 1.165) is 59.2 Å². The van der Waals surface area contributed by atoms with Crippen LogP contribution >= 0.6 is 23.2 Å². The molecule has 1 amide bonds. The molecular weight excluding hydrogens is 615 g/mol. The minimum atomic E-state index is -1.16. The van der Waals surface area contributed by atoms with Crippen molar-refractivity contribution in [3.05, 3.63) is 106 Å². The van der Waals surface area contributed by atoms with Crippen LogP contribution < -0.4 is 11.1 Å². The molecule has 2 aliphatic carbocycles. The van der Waals surface area contributed by atoms with Gasteiger partial charge in [0.2, 0.25) is 5.60 Å². The fourth-order valence-corrected chi connectivity index (χ4v) is 6.51. The zero-order chi connectivity index (χ0) is 32.5. The third kappa shape index (κ3) is 6.33. The number of cyclic esters (lactones) is 1. The number of hydrogen-bond donors (Lipinski definition) is 3. The summed E-state index contributed by atoms with van der Waals surface area (Å²) < 4.78 is 5.73. The van der Waals surface area contributed by atoms with Crippen molar-refractivity contribution in [2.24, 2.45) is 11.8 Å². The number of nitrogen functional groups attached to an aromatic ring is 1. The molecule has 5 nitrogen and oxygen atoms in total. The summed E-state index contributed by atoms with van der Waals surface area (Å²) in [6.45, 7) is 3.52. The summed E-state index contributed by atoms with van der Waals surface area (Å²) in [5.74, 6) is 12.4. The Bertz CT molecular complexity index is 1940. The van der Waals surface area contributed by atoms with Crippen molar-refractivity contribution in [1.29, 1.82) is 0 Å². The molecule has 0 radical (unpaired) electrons. The Hall–Kier alpha value is -4.39. The number of fused-ring (bicyclic) bond motifs is 1. The molecule has 2 unspecified atom stereocenters. The van der Waals surface area contributed by atoms with Crippen LogP contribution in [0.3, 0.4) is 0 Å². The number of nitrogens with one attached hydrogen (secondary N) is 1. The summed E-state index contributed by atoms with van der Waals surface area (Å²) in [7, 11) is 0. The van der Waals surface area contributed by atoms with Crippen molar-refractivity contribution >= 4 is 40.7 Å². The fraction of sp³-hybridized carbons (Fsp3) is 0.256. The van der Waals surface area contributed by atoms with Crippen LogP contribution in [0, 0.1) is 35.5 Å². The summed E-state index contributed by atoms with van der Waals surface area (Å²) in [6, 6.07) is 27.0. The molecule has 46 heavy (non-hydrogen) atoms. The Kier molecular flexibility index (Phi) is 8.78. The number of carbonyl (C=O) groups excluding carboxylic acids is 1. The number of amides is 1. The Morgan fingerprint density at radius 2 is 1.46 bits per heavy atom. The van der Waals surface area contributed by atoms with Crippen molar-refractivity contribution in [2.75, 3.05) is 11.1 Å². The number of nitrogens with two attached hydrogens (primary N) is 1. The standard InChI is InChI=1S/C20H16ClNO2.C19H18ClNO/c1-2-10-20(15-7-8-15)17-12-14(13-4-3-5-16(21)11-13)6-9-18(17)22-19(23)24-20;1-2-10-19(22,15-7-8-15)17-12-14(6-9-18(17)21)13-4-3-5-16(20)11-13/h3-6,9,11-12,15H,7-8H2,1H3,(H,22,23);3-6,9,11-12,15,22H,7-8,21H2,1H3. The van der Waals surface area contributed by atoms with Gasteiger partial charge in [0.25, 0.3) is 0 Å². The van der Waals surface area contributed by atoms with Crippen molar-refractivity contribution < 1.29 is 14.6 Å². The maximum absolute atomic E-state index is 12.0. The molecule has 2 saturated carbocycles. The average Bonchev–Trinajstić information content (AvgIpc) is 3.95. The van der Waals surface area contributed by atoms with Crippen molar-refractivity contribution in [1.82, 2.24) is 0 Å². The Morgan fingerprint density at radius 1 is 0.848 bits per heavy atom. The molecule has 0 aromatic heterocycles. The molecule has 0 bridgehead atoms. The van der Waals surface area contributed by atoms with Gasteiger partial charge in [-0.05, 0) is 110 Å². The Morgan fingerprint density at radius 3 is 2.02 bits per heavy atom. The van der Waals surface area contributed by atoms with Crippen LogP contribution in [0.5, 0.6) is 0 Å².